The summed E-state index contributed by atoms with van der Waals surface area (Å²) in [6.45, 7) is 7.18. The minimum absolute atomic E-state index is 0.0542. The third kappa shape index (κ3) is 7.63. The fourth-order valence-corrected chi connectivity index (χ4v) is 3.33. The third-order valence-electron chi connectivity index (χ3n) is 5.07. The number of hydrogen-bond acceptors (Lipinski definition) is 4. The van der Waals surface area contributed by atoms with Crippen LogP contribution in [0.15, 0.2) is 48.5 Å². The molecule has 0 saturated heterocycles. The monoisotopic (exact) mass is 426 g/mol. The molecule has 2 amide bonds. The van der Waals surface area contributed by atoms with Crippen molar-refractivity contribution in [1.29, 1.82) is 0 Å². The van der Waals surface area contributed by atoms with Crippen molar-refractivity contribution in [2.45, 2.75) is 52.6 Å². The summed E-state index contributed by atoms with van der Waals surface area (Å²) in [5.74, 6) is 1.37. The van der Waals surface area contributed by atoms with Crippen molar-refractivity contribution in [1.82, 2.24) is 10.2 Å². The van der Waals surface area contributed by atoms with Gasteiger partial charge < -0.3 is 19.7 Å². The molecule has 0 heterocycles. The van der Waals surface area contributed by atoms with E-state index < -0.39 is 6.04 Å². The Morgan fingerprint density at radius 2 is 1.65 bits per heavy atom. The normalized spacial score (nSPS) is 11.5. The number of methoxy groups -OCH3 is 1. The van der Waals surface area contributed by atoms with Crippen LogP contribution in [0.4, 0.5) is 0 Å². The van der Waals surface area contributed by atoms with E-state index in [1.165, 1.54) is 5.56 Å². The highest BCUT2D eigenvalue weighted by Gasteiger charge is 2.28. The Balaban J connectivity index is 2.03. The van der Waals surface area contributed by atoms with Gasteiger partial charge in [-0.2, -0.15) is 0 Å². The predicted molar refractivity (Wildman–Crippen MR) is 122 cm³/mol. The number of nitrogens with zero attached hydrogens (tertiary/aromatic N) is 1. The summed E-state index contributed by atoms with van der Waals surface area (Å²) in [6, 6.07) is 14.9. The van der Waals surface area contributed by atoms with Crippen molar-refractivity contribution in [3.63, 3.8) is 0 Å². The quantitative estimate of drug-likeness (QED) is 0.519. The topological polar surface area (TPSA) is 67.9 Å². The molecule has 0 aliphatic carbocycles. The molecule has 31 heavy (non-hydrogen) atoms. The van der Waals surface area contributed by atoms with Gasteiger partial charge in [0.1, 0.15) is 17.5 Å². The number of aryl methyl sites for hydroxylation is 1. The van der Waals surface area contributed by atoms with E-state index in [1.54, 1.807) is 12.0 Å². The van der Waals surface area contributed by atoms with E-state index in [0.29, 0.717) is 39.0 Å². The van der Waals surface area contributed by atoms with E-state index in [0.717, 1.165) is 17.1 Å². The number of carbonyl (C=O) groups excluding carboxylic acids is 2. The summed E-state index contributed by atoms with van der Waals surface area (Å²) in [6.07, 6.45) is 1.45. The molecule has 0 aliphatic rings. The van der Waals surface area contributed by atoms with Crippen LogP contribution in [-0.4, -0.2) is 43.0 Å². The smallest absolute Gasteiger partial charge is 0.242 e. The SMILES string of the molecule is CCNC(=O)[C@@H](CC)N(Cc1ccc(OC)cc1)C(=O)CCCOc1ccc(C)cc1. The van der Waals surface area contributed by atoms with E-state index in [4.69, 9.17) is 9.47 Å². The molecule has 0 aromatic heterocycles. The first-order valence-corrected chi connectivity index (χ1v) is 10.9. The van der Waals surface area contributed by atoms with Gasteiger partial charge in [0.25, 0.3) is 0 Å². The number of amides is 2. The number of rotatable bonds is 12. The van der Waals surface area contributed by atoms with Crippen LogP contribution < -0.4 is 14.8 Å². The van der Waals surface area contributed by atoms with Crippen LogP contribution in [0.3, 0.4) is 0 Å². The Bertz CT molecular complexity index is 818. The zero-order chi connectivity index (χ0) is 22.6. The molecule has 2 aromatic rings. The molecule has 168 valence electrons. The van der Waals surface area contributed by atoms with E-state index in [1.807, 2.05) is 69.3 Å². The number of benzene rings is 2. The van der Waals surface area contributed by atoms with Gasteiger partial charge in [-0.25, -0.2) is 0 Å². The largest absolute Gasteiger partial charge is 0.497 e. The lowest BCUT2D eigenvalue weighted by atomic mass is 10.1. The maximum absolute atomic E-state index is 13.1. The molecule has 0 bridgehead atoms. The summed E-state index contributed by atoms with van der Waals surface area (Å²) >= 11 is 0. The zero-order valence-electron chi connectivity index (χ0n) is 19.0. The number of hydrogen-bond donors (Lipinski definition) is 1. The molecule has 2 aromatic carbocycles. The lowest BCUT2D eigenvalue weighted by Crippen LogP contribution is -2.49. The van der Waals surface area contributed by atoms with Crippen molar-refractivity contribution >= 4 is 11.8 Å². The standard InChI is InChI=1S/C25H34N2O4/c1-5-23(25(29)26-6-2)27(18-20-11-15-21(30-4)16-12-20)24(28)8-7-17-31-22-13-9-19(3)10-14-22/h9-16,23H,5-8,17-18H2,1-4H3,(H,26,29)/t23-/m1/s1. The molecule has 0 radical (unpaired) electrons. The second kappa shape index (κ2) is 12.6. The van der Waals surface area contributed by atoms with E-state index in [-0.39, 0.29) is 11.8 Å². The Hall–Kier alpha value is -3.02. The Morgan fingerprint density at radius 3 is 2.23 bits per heavy atom. The van der Waals surface area contributed by atoms with Gasteiger partial charge in [-0.15, -0.1) is 0 Å². The van der Waals surface area contributed by atoms with E-state index in [2.05, 4.69) is 5.32 Å². The molecule has 6 nitrogen and oxygen atoms in total. The van der Waals surface area contributed by atoms with Crippen LogP contribution in [-0.2, 0) is 16.1 Å². The van der Waals surface area contributed by atoms with Crippen LogP contribution in [0.5, 0.6) is 11.5 Å². The average molecular weight is 427 g/mol. The fourth-order valence-electron chi connectivity index (χ4n) is 3.33. The van der Waals surface area contributed by atoms with Gasteiger partial charge in [0.15, 0.2) is 0 Å². The van der Waals surface area contributed by atoms with Gasteiger partial charge in [0, 0.05) is 19.5 Å². The van der Waals surface area contributed by atoms with Crippen molar-refractivity contribution < 1.29 is 19.1 Å². The first-order valence-electron chi connectivity index (χ1n) is 10.9. The number of likely N-dealkylation sites (N-methyl/N-ethyl adjacent to an activating group) is 1. The number of ether oxygens (including phenoxy) is 2. The van der Waals surface area contributed by atoms with Crippen molar-refractivity contribution in [3.8, 4) is 11.5 Å². The van der Waals surface area contributed by atoms with Crippen LogP contribution >= 0.6 is 0 Å². The minimum Gasteiger partial charge on any atom is -0.497 e. The summed E-state index contributed by atoms with van der Waals surface area (Å²) in [5, 5.41) is 2.85. The molecule has 2 rings (SSSR count). The van der Waals surface area contributed by atoms with Crippen LogP contribution in [0.25, 0.3) is 0 Å². The summed E-state index contributed by atoms with van der Waals surface area (Å²) in [7, 11) is 1.62. The second-order valence-corrected chi connectivity index (χ2v) is 7.45. The molecule has 0 spiro atoms. The predicted octanol–water partition coefficient (Wildman–Crippen LogP) is 4.11. The summed E-state index contributed by atoms with van der Waals surface area (Å²) in [4.78, 5) is 27.4. The molecule has 1 atom stereocenters. The zero-order valence-corrected chi connectivity index (χ0v) is 19.0. The molecule has 6 heteroatoms. The Morgan fingerprint density at radius 1 is 1.00 bits per heavy atom. The van der Waals surface area contributed by atoms with Gasteiger partial charge in [0.05, 0.1) is 13.7 Å². The molecule has 0 saturated carbocycles. The minimum atomic E-state index is -0.507. The van der Waals surface area contributed by atoms with Gasteiger partial charge in [-0.1, -0.05) is 36.8 Å². The van der Waals surface area contributed by atoms with E-state index >= 15 is 0 Å². The number of nitrogens with one attached hydrogen (secondary N) is 1. The molecular weight excluding hydrogens is 392 g/mol. The first-order chi connectivity index (χ1) is 15.0. The molecule has 0 unspecified atom stereocenters. The van der Waals surface area contributed by atoms with Crippen LogP contribution in [0.2, 0.25) is 0 Å². The summed E-state index contributed by atoms with van der Waals surface area (Å²) in [5.41, 5.74) is 2.13. The Kier molecular flexibility index (Phi) is 9.88. The van der Waals surface area contributed by atoms with Gasteiger partial charge in [-0.05, 0) is 56.5 Å². The van der Waals surface area contributed by atoms with Crippen LogP contribution in [0.1, 0.15) is 44.2 Å². The summed E-state index contributed by atoms with van der Waals surface area (Å²) < 4.78 is 11.0. The van der Waals surface area contributed by atoms with Crippen molar-refractivity contribution in [3.05, 3.63) is 59.7 Å². The highest BCUT2D eigenvalue weighted by atomic mass is 16.5. The lowest BCUT2D eigenvalue weighted by Gasteiger charge is -2.30. The maximum Gasteiger partial charge on any atom is 0.242 e. The Labute approximate surface area is 185 Å². The maximum atomic E-state index is 13.1. The first kappa shape index (κ1) is 24.3. The lowest BCUT2D eigenvalue weighted by molar-refractivity contribution is -0.141. The van der Waals surface area contributed by atoms with Crippen molar-refractivity contribution in [2.75, 3.05) is 20.3 Å². The average Bonchev–Trinajstić information content (AvgIpc) is 2.78. The van der Waals surface area contributed by atoms with Gasteiger partial charge in [-0.3, -0.25) is 9.59 Å². The van der Waals surface area contributed by atoms with Crippen LogP contribution in [0, 0.1) is 6.92 Å². The van der Waals surface area contributed by atoms with Crippen molar-refractivity contribution in [2.24, 2.45) is 0 Å². The number of carbonyl (C=O) groups is 2. The van der Waals surface area contributed by atoms with Gasteiger partial charge in [0.2, 0.25) is 11.8 Å². The van der Waals surface area contributed by atoms with Gasteiger partial charge >= 0.3 is 0 Å². The third-order valence-corrected chi connectivity index (χ3v) is 5.07. The molecule has 0 aliphatic heterocycles. The molecular formula is C25H34N2O4. The molecule has 0 fully saturated rings. The second-order valence-electron chi connectivity index (χ2n) is 7.45. The van der Waals surface area contributed by atoms with E-state index in [9.17, 15) is 9.59 Å². The highest BCUT2D eigenvalue weighted by Crippen LogP contribution is 2.18. The molecule has 1 N–H and O–H groups in total. The highest BCUT2D eigenvalue weighted by molar-refractivity contribution is 5.87. The fraction of sp³-hybridized carbons (Fsp3) is 0.440.